The second kappa shape index (κ2) is 4.25. The molecule has 4 heteroatoms. The van der Waals surface area contributed by atoms with E-state index in [1.54, 1.807) is 0 Å². The third-order valence-electron chi connectivity index (χ3n) is 3.79. The fraction of sp³-hybridized carbons (Fsp3) is 0.857. The lowest BCUT2D eigenvalue weighted by atomic mass is 9.64. The molecule has 0 aromatic carbocycles. The minimum atomic E-state index is -0.436. The normalized spacial score (nSPS) is 37.1. The predicted octanol–water partition coefficient (Wildman–Crippen LogP) is 2.06. The van der Waals surface area contributed by atoms with Crippen molar-refractivity contribution in [1.82, 2.24) is 10.6 Å². The molecule has 4 nitrogen and oxygen atoms in total. The summed E-state index contributed by atoms with van der Waals surface area (Å²) in [5.74, 6) is 1.31. The Kier molecular flexibility index (Phi) is 3.16. The van der Waals surface area contributed by atoms with Gasteiger partial charge in [0.25, 0.3) is 5.91 Å². The summed E-state index contributed by atoms with van der Waals surface area (Å²) in [5.41, 5.74) is -0.232. The molecule has 2 N–H and O–H groups in total. The zero-order chi connectivity index (χ0) is 13.6. The Hall–Kier alpha value is -1.06. The molecule has 1 amide bonds. The number of rotatable bonds is 1. The summed E-state index contributed by atoms with van der Waals surface area (Å²) in [6, 6.07) is 0.192. The van der Waals surface area contributed by atoms with Gasteiger partial charge in [-0.05, 0) is 44.4 Å². The minimum Gasteiger partial charge on any atom is -0.342 e. The van der Waals surface area contributed by atoms with E-state index in [0.717, 1.165) is 12.8 Å². The number of hydrogen-bond donors (Lipinski definition) is 2. The van der Waals surface area contributed by atoms with E-state index in [-0.39, 0.29) is 17.4 Å². The van der Waals surface area contributed by atoms with Crippen molar-refractivity contribution in [1.29, 1.82) is 0 Å². The lowest BCUT2D eigenvalue weighted by Crippen LogP contribution is -2.54. The Morgan fingerprint density at radius 3 is 2.56 bits per heavy atom. The summed E-state index contributed by atoms with van der Waals surface area (Å²) in [6.45, 7) is 10.8. The Morgan fingerprint density at radius 2 is 2.00 bits per heavy atom. The van der Waals surface area contributed by atoms with Crippen LogP contribution >= 0.6 is 0 Å². The zero-order valence-electron chi connectivity index (χ0n) is 12.1. The lowest BCUT2D eigenvalue weighted by molar-refractivity contribution is -0.127. The summed E-state index contributed by atoms with van der Waals surface area (Å²) in [5, 5.41) is 6.27. The van der Waals surface area contributed by atoms with Gasteiger partial charge in [0.05, 0.1) is 0 Å². The highest BCUT2D eigenvalue weighted by Crippen LogP contribution is 2.44. The zero-order valence-corrected chi connectivity index (χ0v) is 12.1. The van der Waals surface area contributed by atoms with E-state index in [1.165, 1.54) is 6.42 Å². The smallest absolute Gasteiger partial charge is 0.252 e. The molecule has 1 saturated carbocycles. The van der Waals surface area contributed by atoms with Gasteiger partial charge in [-0.15, -0.1) is 0 Å². The summed E-state index contributed by atoms with van der Waals surface area (Å²) >= 11 is 0. The van der Waals surface area contributed by atoms with Crippen LogP contribution in [0.4, 0.5) is 0 Å². The highest BCUT2D eigenvalue weighted by Gasteiger charge is 2.51. The van der Waals surface area contributed by atoms with Crippen LogP contribution in [-0.2, 0) is 4.79 Å². The number of hydrogen-bond acceptors (Lipinski definition) is 2. The van der Waals surface area contributed by atoms with Crippen molar-refractivity contribution in [3.8, 4) is 0 Å². The van der Waals surface area contributed by atoms with E-state index < -0.39 is 5.54 Å². The molecule has 0 aromatic heterocycles. The van der Waals surface area contributed by atoms with E-state index in [4.69, 9.17) is 0 Å². The largest absolute Gasteiger partial charge is 0.342 e. The van der Waals surface area contributed by atoms with Crippen molar-refractivity contribution in [2.24, 2.45) is 16.3 Å². The average molecular weight is 251 g/mol. The number of aliphatic imine (C=N–C) groups is 1. The molecule has 0 aromatic rings. The third-order valence-corrected chi connectivity index (χ3v) is 3.79. The molecule has 102 valence electrons. The number of nitrogens with one attached hydrogen (secondary N) is 2. The molecular weight excluding hydrogens is 226 g/mol. The second-order valence-electron chi connectivity index (χ2n) is 7.09. The first-order chi connectivity index (χ1) is 8.22. The number of carbonyl (C=O) groups is 1. The van der Waals surface area contributed by atoms with Crippen molar-refractivity contribution in [2.45, 2.75) is 65.5 Å². The van der Waals surface area contributed by atoms with Gasteiger partial charge in [-0.3, -0.25) is 15.1 Å². The van der Waals surface area contributed by atoms with Crippen molar-refractivity contribution >= 4 is 11.9 Å². The molecule has 1 aliphatic heterocycles. The number of carbonyl (C=O) groups excluding carboxylic acids is 1. The van der Waals surface area contributed by atoms with Crippen LogP contribution in [0.5, 0.6) is 0 Å². The molecule has 0 bridgehead atoms. The Balaban J connectivity index is 2.24. The molecule has 2 unspecified atom stereocenters. The van der Waals surface area contributed by atoms with Gasteiger partial charge in [-0.1, -0.05) is 20.8 Å². The van der Waals surface area contributed by atoms with E-state index >= 15 is 0 Å². The number of amides is 1. The van der Waals surface area contributed by atoms with E-state index in [1.807, 2.05) is 13.8 Å². The summed E-state index contributed by atoms with van der Waals surface area (Å²) in [4.78, 5) is 16.7. The molecule has 2 aliphatic rings. The quantitative estimate of drug-likeness (QED) is 0.749. The predicted molar refractivity (Wildman–Crippen MR) is 73.4 cm³/mol. The van der Waals surface area contributed by atoms with Crippen LogP contribution in [-0.4, -0.2) is 23.4 Å². The van der Waals surface area contributed by atoms with Gasteiger partial charge in [-0.2, -0.15) is 0 Å². The molecule has 1 spiro atoms. The highest BCUT2D eigenvalue weighted by atomic mass is 16.2. The summed E-state index contributed by atoms with van der Waals surface area (Å²) in [6.07, 6.45) is 2.97. The highest BCUT2D eigenvalue weighted by molar-refractivity contribution is 6.09. The molecule has 18 heavy (non-hydrogen) atoms. The maximum Gasteiger partial charge on any atom is 0.252 e. The van der Waals surface area contributed by atoms with E-state index in [9.17, 15) is 4.79 Å². The van der Waals surface area contributed by atoms with Crippen LogP contribution in [0.3, 0.4) is 0 Å². The monoisotopic (exact) mass is 251 g/mol. The van der Waals surface area contributed by atoms with Gasteiger partial charge in [0, 0.05) is 6.04 Å². The van der Waals surface area contributed by atoms with Gasteiger partial charge in [0.15, 0.2) is 5.96 Å². The van der Waals surface area contributed by atoms with Gasteiger partial charge in [-0.25, -0.2) is 0 Å². The van der Waals surface area contributed by atoms with Crippen LogP contribution in [0, 0.1) is 11.3 Å². The van der Waals surface area contributed by atoms with Crippen LogP contribution in [0.1, 0.15) is 53.9 Å². The molecule has 1 heterocycles. The Bertz CT molecular complexity index is 387. The maximum atomic E-state index is 12.3. The molecular formula is C14H25N3O. The summed E-state index contributed by atoms with van der Waals surface area (Å²) < 4.78 is 0. The minimum absolute atomic E-state index is 0.0986. The van der Waals surface area contributed by atoms with Crippen LogP contribution in [0.15, 0.2) is 4.99 Å². The standard InChI is InChI=1S/C14H25N3O/c1-9(2)15-12-16-11(18)14(17-12)7-10(3)6-13(4,5)8-14/h9-10H,6-8H2,1-5H3,(H2,15,16,17,18). The first-order valence-electron chi connectivity index (χ1n) is 6.90. The first kappa shape index (κ1) is 13.4. The van der Waals surface area contributed by atoms with Crippen molar-refractivity contribution in [3.63, 3.8) is 0 Å². The van der Waals surface area contributed by atoms with Crippen LogP contribution in [0.2, 0.25) is 0 Å². The number of nitrogens with zero attached hydrogens (tertiary/aromatic N) is 1. The van der Waals surface area contributed by atoms with Gasteiger partial charge < -0.3 is 5.32 Å². The number of guanidine groups is 1. The van der Waals surface area contributed by atoms with Crippen LogP contribution < -0.4 is 10.6 Å². The van der Waals surface area contributed by atoms with Crippen molar-refractivity contribution < 1.29 is 4.79 Å². The van der Waals surface area contributed by atoms with Gasteiger partial charge in [0.2, 0.25) is 0 Å². The molecule has 2 rings (SSSR count). The van der Waals surface area contributed by atoms with Crippen molar-refractivity contribution in [2.75, 3.05) is 0 Å². The fourth-order valence-electron chi connectivity index (χ4n) is 3.70. The Morgan fingerprint density at radius 1 is 1.33 bits per heavy atom. The topological polar surface area (TPSA) is 53.5 Å². The van der Waals surface area contributed by atoms with E-state index in [0.29, 0.717) is 11.9 Å². The molecule has 2 fully saturated rings. The third kappa shape index (κ3) is 2.52. The van der Waals surface area contributed by atoms with Crippen LogP contribution in [0.25, 0.3) is 0 Å². The Labute approximate surface area is 110 Å². The fourth-order valence-corrected chi connectivity index (χ4v) is 3.70. The van der Waals surface area contributed by atoms with E-state index in [2.05, 4.69) is 36.4 Å². The molecule has 1 saturated heterocycles. The van der Waals surface area contributed by atoms with Gasteiger partial charge in [0.1, 0.15) is 5.54 Å². The summed E-state index contributed by atoms with van der Waals surface area (Å²) in [7, 11) is 0. The first-order valence-corrected chi connectivity index (χ1v) is 6.90. The molecule has 1 aliphatic carbocycles. The lowest BCUT2D eigenvalue weighted by Gasteiger charge is -2.43. The van der Waals surface area contributed by atoms with Crippen molar-refractivity contribution in [3.05, 3.63) is 0 Å². The van der Waals surface area contributed by atoms with Gasteiger partial charge >= 0.3 is 0 Å². The average Bonchev–Trinajstić information content (AvgIpc) is 2.36. The SMILES string of the molecule is CC1CC(C)(C)CC2(C1)NC(=NC(C)C)NC2=O. The molecule has 0 radical (unpaired) electrons. The maximum absolute atomic E-state index is 12.3. The molecule has 2 atom stereocenters. The second-order valence-corrected chi connectivity index (χ2v) is 7.09.